The molecule has 6 nitrogen and oxygen atoms in total. The smallest absolute Gasteiger partial charge is 0.308 e. The second-order valence-electron chi connectivity index (χ2n) is 6.51. The molecule has 1 aliphatic heterocycles. The number of piperazine rings is 1. The first-order chi connectivity index (χ1) is 12.6. The van der Waals surface area contributed by atoms with Crippen LogP contribution in [-0.4, -0.2) is 48.4 Å². The average molecular weight is 360 g/mol. The highest BCUT2D eigenvalue weighted by Gasteiger charge is 2.34. The lowest BCUT2D eigenvalue weighted by molar-refractivity contribution is -0.151. The standard InChI is InChI=1S/C20H28N2O4/c1-2-3-5-10-18(23)22-13-12-21-20(25)17(22)15-19(24)26-14-11-16-8-6-4-7-9-16/h4,6-9,17H,2-3,5,10-15H2,1H3,(H,21,25)/t17-/m1/s1. The molecule has 1 saturated heterocycles. The van der Waals surface area contributed by atoms with Crippen LogP contribution in [0.25, 0.3) is 0 Å². The number of unbranched alkanes of at least 4 members (excludes halogenated alkanes) is 2. The van der Waals surface area contributed by atoms with Crippen molar-refractivity contribution in [1.29, 1.82) is 0 Å². The second kappa shape index (κ2) is 10.6. The number of esters is 1. The maximum Gasteiger partial charge on any atom is 0.308 e. The van der Waals surface area contributed by atoms with E-state index in [9.17, 15) is 14.4 Å². The van der Waals surface area contributed by atoms with E-state index in [2.05, 4.69) is 12.2 Å². The van der Waals surface area contributed by atoms with Crippen molar-refractivity contribution in [1.82, 2.24) is 10.2 Å². The Bertz CT molecular complexity index is 603. The zero-order valence-corrected chi connectivity index (χ0v) is 15.4. The number of carbonyl (C=O) groups excluding carboxylic acids is 3. The van der Waals surface area contributed by atoms with Gasteiger partial charge in [0.1, 0.15) is 6.04 Å². The van der Waals surface area contributed by atoms with E-state index in [0.717, 1.165) is 24.8 Å². The molecular weight excluding hydrogens is 332 g/mol. The number of nitrogens with one attached hydrogen (secondary N) is 1. The van der Waals surface area contributed by atoms with Gasteiger partial charge in [-0.3, -0.25) is 14.4 Å². The van der Waals surface area contributed by atoms with E-state index in [1.165, 1.54) is 4.90 Å². The monoisotopic (exact) mass is 360 g/mol. The van der Waals surface area contributed by atoms with Crippen LogP contribution in [0.2, 0.25) is 0 Å². The van der Waals surface area contributed by atoms with Crippen LogP contribution < -0.4 is 5.32 Å². The third kappa shape index (κ3) is 6.17. The highest BCUT2D eigenvalue weighted by molar-refractivity contribution is 5.91. The van der Waals surface area contributed by atoms with Crippen molar-refractivity contribution >= 4 is 17.8 Å². The molecule has 26 heavy (non-hydrogen) atoms. The van der Waals surface area contributed by atoms with Crippen molar-refractivity contribution in [3.63, 3.8) is 0 Å². The molecule has 1 aliphatic rings. The summed E-state index contributed by atoms with van der Waals surface area (Å²) in [5.41, 5.74) is 1.09. The average Bonchev–Trinajstić information content (AvgIpc) is 2.64. The Morgan fingerprint density at radius 1 is 1.23 bits per heavy atom. The Labute approximate surface area is 154 Å². The molecule has 1 heterocycles. The van der Waals surface area contributed by atoms with Crippen LogP contribution in [0.1, 0.15) is 44.6 Å². The Hall–Kier alpha value is -2.37. The van der Waals surface area contributed by atoms with Crippen LogP contribution in [0.4, 0.5) is 0 Å². The fourth-order valence-corrected chi connectivity index (χ4v) is 3.03. The summed E-state index contributed by atoms with van der Waals surface area (Å²) < 4.78 is 5.27. The number of ether oxygens (including phenoxy) is 1. The Balaban J connectivity index is 1.83. The first-order valence-corrected chi connectivity index (χ1v) is 9.38. The largest absolute Gasteiger partial charge is 0.465 e. The van der Waals surface area contributed by atoms with Gasteiger partial charge in [0, 0.05) is 25.9 Å². The van der Waals surface area contributed by atoms with Gasteiger partial charge in [-0.25, -0.2) is 0 Å². The molecule has 0 unspecified atom stereocenters. The fraction of sp³-hybridized carbons (Fsp3) is 0.550. The molecule has 6 heteroatoms. The minimum absolute atomic E-state index is 0.0598. The molecule has 1 N–H and O–H groups in total. The zero-order chi connectivity index (χ0) is 18.8. The van der Waals surface area contributed by atoms with E-state index >= 15 is 0 Å². The summed E-state index contributed by atoms with van der Waals surface area (Å²) >= 11 is 0. The van der Waals surface area contributed by atoms with Crippen molar-refractivity contribution in [2.24, 2.45) is 0 Å². The molecule has 0 spiro atoms. The Morgan fingerprint density at radius 2 is 2.00 bits per heavy atom. The van der Waals surface area contributed by atoms with Gasteiger partial charge < -0.3 is 15.0 Å². The van der Waals surface area contributed by atoms with Gasteiger partial charge in [-0.15, -0.1) is 0 Å². The number of amides is 2. The normalized spacial score (nSPS) is 16.9. The molecule has 1 aromatic carbocycles. The van der Waals surface area contributed by atoms with Crippen molar-refractivity contribution in [2.45, 2.75) is 51.5 Å². The molecule has 2 rings (SSSR count). The predicted octanol–water partition coefficient (Wildman–Crippen LogP) is 2.07. The molecule has 0 radical (unpaired) electrons. The van der Waals surface area contributed by atoms with E-state index < -0.39 is 12.0 Å². The molecule has 0 aliphatic carbocycles. The number of hydrogen-bond acceptors (Lipinski definition) is 4. The quantitative estimate of drug-likeness (QED) is 0.540. The Kier molecular flexibility index (Phi) is 8.12. The van der Waals surface area contributed by atoms with Crippen molar-refractivity contribution < 1.29 is 19.1 Å². The van der Waals surface area contributed by atoms with Crippen molar-refractivity contribution in [3.05, 3.63) is 35.9 Å². The molecule has 0 bridgehead atoms. The highest BCUT2D eigenvalue weighted by atomic mass is 16.5. The molecule has 0 saturated carbocycles. The SMILES string of the molecule is CCCCCC(=O)N1CCNC(=O)[C@H]1CC(=O)OCCc1ccccc1. The van der Waals surface area contributed by atoms with Crippen molar-refractivity contribution in [3.8, 4) is 0 Å². The lowest BCUT2D eigenvalue weighted by Gasteiger charge is -2.34. The summed E-state index contributed by atoms with van der Waals surface area (Å²) in [7, 11) is 0. The van der Waals surface area contributed by atoms with Gasteiger partial charge in [-0.1, -0.05) is 50.1 Å². The third-order valence-corrected chi connectivity index (χ3v) is 4.50. The van der Waals surface area contributed by atoms with E-state index in [-0.39, 0.29) is 24.8 Å². The highest BCUT2D eigenvalue weighted by Crippen LogP contribution is 2.14. The van der Waals surface area contributed by atoms with Gasteiger partial charge in [-0.05, 0) is 12.0 Å². The molecular formula is C20H28N2O4. The lowest BCUT2D eigenvalue weighted by Crippen LogP contribution is -2.57. The summed E-state index contributed by atoms with van der Waals surface area (Å²) in [4.78, 5) is 38.2. The van der Waals surface area contributed by atoms with Crippen molar-refractivity contribution in [2.75, 3.05) is 19.7 Å². The third-order valence-electron chi connectivity index (χ3n) is 4.50. The molecule has 1 fully saturated rings. The lowest BCUT2D eigenvalue weighted by atomic mass is 10.1. The fourth-order valence-electron chi connectivity index (χ4n) is 3.03. The summed E-state index contributed by atoms with van der Waals surface area (Å²) in [5, 5.41) is 2.73. The molecule has 1 atom stereocenters. The number of carbonyl (C=O) groups is 3. The van der Waals surface area contributed by atoms with Crippen LogP contribution in [0.3, 0.4) is 0 Å². The summed E-state index contributed by atoms with van der Waals surface area (Å²) in [6.45, 7) is 3.21. The second-order valence-corrected chi connectivity index (χ2v) is 6.51. The van der Waals surface area contributed by atoms with E-state index in [1.807, 2.05) is 30.3 Å². The van der Waals surface area contributed by atoms with Gasteiger partial charge in [0.2, 0.25) is 11.8 Å². The van der Waals surface area contributed by atoms with Gasteiger partial charge in [0.25, 0.3) is 0 Å². The van der Waals surface area contributed by atoms with Gasteiger partial charge in [-0.2, -0.15) is 0 Å². The van der Waals surface area contributed by atoms with Crippen LogP contribution in [0.5, 0.6) is 0 Å². The van der Waals surface area contributed by atoms with E-state index in [0.29, 0.717) is 25.9 Å². The van der Waals surface area contributed by atoms with Crippen LogP contribution >= 0.6 is 0 Å². The summed E-state index contributed by atoms with van der Waals surface area (Å²) in [6.07, 6.45) is 3.77. The minimum atomic E-state index is -0.762. The molecule has 2 amide bonds. The van der Waals surface area contributed by atoms with E-state index in [1.54, 1.807) is 0 Å². The zero-order valence-electron chi connectivity index (χ0n) is 15.4. The predicted molar refractivity (Wildman–Crippen MR) is 98.4 cm³/mol. The maximum atomic E-state index is 12.4. The van der Waals surface area contributed by atoms with Crippen LogP contribution in [0, 0.1) is 0 Å². The first kappa shape index (κ1) is 19.9. The molecule has 142 valence electrons. The number of benzene rings is 1. The van der Waals surface area contributed by atoms with Crippen LogP contribution in [-0.2, 0) is 25.5 Å². The minimum Gasteiger partial charge on any atom is -0.465 e. The maximum absolute atomic E-state index is 12.4. The number of nitrogens with zero attached hydrogens (tertiary/aromatic N) is 1. The van der Waals surface area contributed by atoms with Gasteiger partial charge in [0.05, 0.1) is 13.0 Å². The van der Waals surface area contributed by atoms with E-state index in [4.69, 9.17) is 4.74 Å². The Morgan fingerprint density at radius 3 is 2.73 bits per heavy atom. The first-order valence-electron chi connectivity index (χ1n) is 9.38. The van der Waals surface area contributed by atoms with Crippen LogP contribution in [0.15, 0.2) is 30.3 Å². The number of hydrogen-bond donors (Lipinski definition) is 1. The van der Waals surface area contributed by atoms with Gasteiger partial charge in [0.15, 0.2) is 0 Å². The topological polar surface area (TPSA) is 75.7 Å². The molecule has 0 aromatic heterocycles. The summed E-state index contributed by atoms with van der Waals surface area (Å²) in [6, 6.07) is 8.99. The summed E-state index contributed by atoms with van der Waals surface area (Å²) in [5.74, 6) is -0.787. The number of rotatable bonds is 9. The molecule has 1 aromatic rings. The van der Waals surface area contributed by atoms with Gasteiger partial charge >= 0.3 is 5.97 Å².